The van der Waals surface area contributed by atoms with Crippen LogP contribution in [0.1, 0.15) is 23.7 Å². The number of amides is 1. The molecular formula is C20H25N3O2. The van der Waals surface area contributed by atoms with Gasteiger partial charge in [-0.1, -0.05) is 18.2 Å². The summed E-state index contributed by atoms with van der Waals surface area (Å²) in [5.74, 6) is 1.05. The summed E-state index contributed by atoms with van der Waals surface area (Å²) in [7, 11) is 4.06. The van der Waals surface area contributed by atoms with Gasteiger partial charge in [0.15, 0.2) is 6.61 Å². The van der Waals surface area contributed by atoms with Crippen LogP contribution in [0.2, 0.25) is 0 Å². The zero-order valence-electron chi connectivity index (χ0n) is 15.1. The van der Waals surface area contributed by atoms with E-state index in [4.69, 9.17) is 4.74 Å². The first-order valence-electron chi connectivity index (χ1n) is 8.64. The van der Waals surface area contributed by atoms with E-state index in [9.17, 15) is 4.79 Å². The molecule has 0 spiro atoms. The number of nitrogens with zero attached hydrogens (tertiary/aromatic N) is 3. The largest absolute Gasteiger partial charge is 0.484 e. The number of benzene rings is 1. The van der Waals surface area contributed by atoms with Crippen molar-refractivity contribution in [2.75, 3.05) is 38.7 Å². The Morgan fingerprint density at radius 2 is 2.04 bits per heavy atom. The summed E-state index contributed by atoms with van der Waals surface area (Å²) in [6, 6.07) is 13.7. The Kier molecular flexibility index (Phi) is 5.22. The van der Waals surface area contributed by atoms with Crippen molar-refractivity contribution in [3.63, 3.8) is 0 Å². The third-order valence-corrected chi connectivity index (χ3v) is 4.54. The van der Waals surface area contributed by atoms with Crippen LogP contribution in [-0.2, 0) is 4.79 Å². The summed E-state index contributed by atoms with van der Waals surface area (Å²) >= 11 is 0. The van der Waals surface area contributed by atoms with Crippen molar-refractivity contribution >= 4 is 11.6 Å². The first-order chi connectivity index (χ1) is 12.0. The number of aromatic nitrogens is 1. The van der Waals surface area contributed by atoms with E-state index in [-0.39, 0.29) is 12.5 Å². The molecule has 1 aliphatic rings. The van der Waals surface area contributed by atoms with Crippen LogP contribution in [-0.4, -0.2) is 49.6 Å². The minimum absolute atomic E-state index is 0.0341. The summed E-state index contributed by atoms with van der Waals surface area (Å²) in [6.07, 6.45) is 0.945. The average Bonchev–Trinajstić information content (AvgIpc) is 3.10. The van der Waals surface area contributed by atoms with E-state index in [1.807, 2.05) is 56.3 Å². The van der Waals surface area contributed by atoms with Gasteiger partial charge in [0.1, 0.15) is 5.75 Å². The molecule has 1 saturated heterocycles. The van der Waals surface area contributed by atoms with Crippen LogP contribution in [0.15, 0.2) is 42.5 Å². The predicted octanol–water partition coefficient (Wildman–Crippen LogP) is 2.85. The highest BCUT2D eigenvalue weighted by Crippen LogP contribution is 2.28. The molecule has 132 valence electrons. The van der Waals surface area contributed by atoms with Crippen LogP contribution in [0.4, 0.5) is 5.69 Å². The van der Waals surface area contributed by atoms with Crippen LogP contribution < -0.4 is 9.64 Å². The van der Waals surface area contributed by atoms with Crippen molar-refractivity contribution in [1.82, 2.24) is 9.88 Å². The number of likely N-dealkylation sites (tertiary alicyclic amines) is 1. The molecule has 0 radical (unpaired) electrons. The van der Waals surface area contributed by atoms with Gasteiger partial charge < -0.3 is 14.5 Å². The Morgan fingerprint density at radius 1 is 1.28 bits per heavy atom. The number of para-hydroxylation sites is 1. The number of hydrogen-bond donors (Lipinski definition) is 0. The molecule has 1 aromatic heterocycles. The highest BCUT2D eigenvalue weighted by molar-refractivity contribution is 5.78. The molecule has 0 aliphatic carbocycles. The van der Waals surface area contributed by atoms with Crippen LogP contribution in [0.5, 0.6) is 5.75 Å². The van der Waals surface area contributed by atoms with Gasteiger partial charge in [-0.15, -0.1) is 0 Å². The minimum atomic E-state index is 0.0341. The maximum Gasteiger partial charge on any atom is 0.260 e. The molecule has 5 heteroatoms. The lowest BCUT2D eigenvalue weighted by Gasteiger charge is -2.19. The predicted molar refractivity (Wildman–Crippen MR) is 99.2 cm³/mol. The van der Waals surface area contributed by atoms with Crippen molar-refractivity contribution in [2.24, 2.45) is 0 Å². The maximum absolute atomic E-state index is 12.4. The van der Waals surface area contributed by atoms with Gasteiger partial charge in [0.25, 0.3) is 5.91 Å². The molecule has 5 nitrogen and oxygen atoms in total. The molecule has 1 unspecified atom stereocenters. The molecule has 1 fully saturated rings. The molecule has 0 N–H and O–H groups in total. The summed E-state index contributed by atoms with van der Waals surface area (Å²) in [4.78, 5) is 21.1. The summed E-state index contributed by atoms with van der Waals surface area (Å²) in [5.41, 5.74) is 3.24. The Bertz CT molecular complexity index is 731. The van der Waals surface area contributed by atoms with Gasteiger partial charge in [-0.25, -0.2) is 0 Å². The number of rotatable bonds is 5. The van der Waals surface area contributed by atoms with Crippen molar-refractivity contribution in [2.45, 2.75) is 19.3 Å². The molecule has 0 saturated carbocycles. The van der Waals surface area contributed by atoms with Crippen LogP contribution in [0.3, 0.4) is 0 Å². The Morgan fingerprint density at radius 3 is 2.76 bits per heavy atom. The topological polar surface area (TPSA) is 45.7 Å². The highest BCUT2D eigenvalue weighted by Gasteiger charge is 2.28. The molecule has 2 aromatic rings. The fraction of sp³-hybridized carbons (Fsp3) is 0.400. The number of carbonyl (C=O) groups is 1. The van der Waals surface area contributed by atoms with Gasteiger partial charge in [-0.05, 0) is 37.6 Å². The van der Waals surface area contributed by atoms with Gasteiger partial charge in [0.05, 0.1) is 0 Å². The van der Waals surface area contributed by atoms with E-state index < -0.39 is 0 Å². The molecule has 1 aliphatic heterocycles. The standard InChI is InChI=1S/C20H25N3O2/c1-15-11-17(22(2)3)12-19(21-15)16-9-10-23(13-16)20(24)14-25-18-7-5-4-6-8-18/h4-8,11-12,16H,9-10,13-14H2,1-3H3. The molecule has 25 heavy (non-hydrogen) atoms. The van der Waals surface area contributed by atoms with Gasteiger partial charge >= 0.3 is 0 Å². The second kappa shape index (κ2) is 7.55. The third kappa shape index (κ3) is 4.29. The normalized spacial score (nSPS) is 16.8. The Labute approximate surface area is 149 Å². The minimum Gasteiger partial charge on any atom is -0.484 e. The smallest absolute Gasteiger partial charge is 0.260 e. The van der Waals surface area contributed by atoms with Crippen LogP contribution >= 0.6 is 0 Å². The van der Waals surface area contributed by atoms with Crippen molar-refractivity contribution < 1.29 is 9.53 Å². The molecule has 1 atom stereocenters. The highest BCUT2D eigenvalue weighted by atomic mass is 16.5. The number of ether oxygens (including phenoxy) is 1. The van der Waals surface area contributed by atoms with E-state index in [0.29, 0.717) is 12.5 Å². The lowest BCUT2D eigenvalue weighted by atomic mass is 10.0. The molecule has 1 amide bonds. The molecule has 3 rings (SSSR count). The SMILES string of the molecule is Cc1cc(N(C)C)cc(C2CCN(C(=O)COc3ccccc3)C2)n1. The lowest BCUT2D eigenvalue weighted by molar-refractivity contribution is -0.132. The number of aryl methyl sites for hydroxylation is 1. The van der Waals surface area contributed by atoms with E-state index in [2.05, 4.69) is 22.0 Å². The van der Waals surface area contributed by atoms with Crippen molar-refractivity contribution in [3.8, 4) is 5.75 Å². The van der Waals surface area contributed by atoms with E-state index >= 15 is 0 Å². The molecule has 0 bridgehead atoms. The Balaban J connectivity index is 1.60. The quantitative estimate of drug-likeness (QED) is 0.840. The van der Waals surface area contributed by atoms with Crippen LogP contribution in [0, 0.1) is 6.92 Å². The van der Waals surface area contributed by atoms with E-state index in [0.717, 1.165) is 35.8 Å². The molecule has 1 aromatic carbocycles. The average molecular weight is 339 g/mol. The third-order valence-electron chi connectivity index (χ3n) is 4.54. The fourth-order valence-electron chi connectivity index (χ4n) is 3.12. The van der Waals surface area contributed by atoms with Gasteiger partial charge in [0.2, 0.25) is 0 Å². The monoisotopic (exact) mass is 339 g/mol. The summed E-state index contributed by atoms with van der Waals surface area (Å²) < 4.78 is 5.58. The number of anilines is 1. The van der Waals surface area contributed by atoms with E-state index in [1.165, 1.54) is 0 Å². The van der Waals surface area contributed by atoms with Crippen LogP contribution in [0.25, 0.3) is 0 Å². The van der Waals surface area contributed by atoms with Crippen molar-refractivity contribution in [3.05, 3.63) is 53.9 Å². The Hall–Kier alpha value is -2.56. The van der Waals surface area contributed by atoms with Gasteiger partial charge in [-0.3, -0.25) is 9.78 Å². The zero-order chi connectivity index (χ0) is 17.8. The molecular weight excluding hydrogens is 314 g/mol. The van der Waals surface area contributed by atoms with Crippen molar-refractivity contribution in [1.29, 1.82) is 0 Å². The molecule has 2 heterocycles. The first-order valence-corrected chi connectivity index (χ1v) is 8.64. The van der Waals surface area contributed by atoms with Gasteiger partial charge in [0, 0.05) is 50.2 Å². The first kappa shape index (κ1) is 17.3. The second-order valence-corrected chi connectivity index (χ2v) is 6.71. The number of pyridine rings is 1. The maximum atomic E-state index is 12.4. The summed E-state index contributed by atoms with van der Waals surface area (Å²) in [5, 5.41) is 0. The number of hydrogen-bond acceptors (Lipinski definition) is 4. The lowest BCUT2D eigenvalue weighted by Crippen LogP contribution is -2.32. The summed E-state index contributed by atoms with van der Waals surface area (Å²) in [6.45, 7) is 3.57. The number of carbonyl (C=O) groups excluding carboxylic acids is 1. The van der Waals surface area contributed by atoms with Gasteiger partial charge in [-0.2, -0.15) is 0 Å². The fourth-order valence-corrected chi connectivity index (χ4v) is 3.12. The zero-order valence-corrected chi connectivity index (χ0v) is 15.1. The second-order valence-electron chi connectivity index (χ2n) is 6.71. The van der Waals surface area contributed by atoms with E-state index in [1.54, 1.807) is 0 Å².